The summed E-state index contributed by atoms with van der Waals surface area (Å²) in [6.45, 7) is -3.00. The van der Waals surface area contributed by atoms with E-state index in [9.17, 15) is 55.8 Å². The molecule has 0 aromatic heterocycles. The van der Waals surface area contributed by atoms with E-state index in [1.54, 1.807) is 0 Å². The van der Waals surface area contributed by atoms with Gasteiger partial charge in [0.25, 0.3) is 11.4 Å². The molecule has 0 radical (unpaired) electrons. The molecular weight excluding hydrogens is 636 g/mol. The topological polar surface area (TPSA) is 222 Å². The van der Waals surface area contributed by atoms with E-state index in [1.807, 2.05) is 0 Å². The van der Waals surface area contributed by atoms with Crippen molar-refractivity contribution in [3.05, 3.63) is 68.8 Å². The van der Waals surface area contributed by atoms with Gasteiger partial charge in [0.1, 0.15) is 6.17 Å². The Balaban J connectivity index is 1.98. The molecule has 0 saturated carbocycles. The number of sulfonamides is 2. The summed E-state index contributed by atoms with van der Waals surface area (Å²) in [6, 6.07) is 9.10. The molecule has 2 aromatic rings. The fourth-order valence-electron chi connectivity index (χ4n) is 4.58. The smallest absolute Gasteiger partial charge is 0.312 e. The predicted octanol–water partition coefficient (Wildman–Crippen LogP) is 2.49. The van der Waals surface area contributed by atoms with Crippen LogP contribution in [0.3, 0.4) is 0 Å². The molecule has 0 atom stereocenters. The lowest BCUT2D eigenvalue weighted by Gasteiger charge is -2.30. The Bertz CT molecular complexity index is 1480. The minimum absolute atomic E-state index is 0.0465. The lowest BCUT2D eigenvalue weighted by molar-refractivity contribution is -0.388. The zero-order valence-corrected chi connectivity index (χ0v) is 25.2. The van der Waals surface area contributed by atoms with Crippen LogP contribution in [0.4, 0.5) is 15.8 Å². The van der Waals surface area contributed by atoms with Gasteiger partial charge in [-0.25, -0.2) is 30.5 Å². The van der Waals surface area contributed by atoms with Gasteiger partial charge in [-0.15, -0.1) is 0 Å². The fourth-order valence-corrected chi connectivity index (χ4v) is 8.54. The molecule has 16 nitrogen and oxygen atoms in total. The van der Waals surface area contributed by atoms with Crippen LogP contribution in [0.15, 0.2) is 58.3 Å². The minimum atomic E-state index is -5.11. The van der Waals surface area contributed by atoms with Gasteiger partial charge in [0.2, 0.25) is 20.0 Å². The third-order valence-corrected chi connectivity index (χ3v) is 11.8. The Kier molecular flexibility index (Phi) is 11.5. The summed E-state index contributed by atoms with van der Waals surface area (Å²) in [5, 5.41) is 23.0. The number of hydrogen-bond acceptors (Lipinski definition) is 9. The maximum absolute atomic E-state index is 14.8. The van der Waals surface area contributed by atoms with Crippen LogP contribution < -0.4 is 0 Å². The van der Waals surface area contributed by atoms with Crippen LogP contribution >= 0.6 is 7.75 Å². The van der Waals surface area contributed by atoms with Crippen molar-refractivity contribution in [1.29, 1.82) is 0 Å². The lowest BCUT2D eigenvalue weighted by atomic mass is 10.1. The number of hydrogen-bond donors (Lipinski definition) is 2. The molecule has 1 fully saturated rings. The van der Waals surface area contributed by atoms with Crippen molar-refractivity contribution in [2.24, 2.45) is 0 Å². The molecule has 1 saturated heterocycles. The SMILES string of the molecule is O=[N+]([O-])c1ccccc1S(=O)(=O)N1CCCC(F)CCCN(S(=O)(=O)c2ccccc2[N+](=O)[O-])CCN(P(=O)(O)O)CC1. The molecule has 0 spiro atoms. The summed E-state index contributed by atoms with van der Waals surface area (Å²) in [4.78, 5) is 39.9. The van der Waals surface area contributed by atoms with Crippen LogP contribution in [-0.4, -0.2) is 95.2 Å². The van der Waals surface area contributed by atoms with E-state index in [4.69, 9.17) is 0 Å². The van der Waals surface area contributed by atoms with Crippen molar-refractivity contribution in [1.82, 2.24) is 13.3 Å². The maximum Gasteiger partial charge on any atom is 0.403 e. The van der Waals surface area contributed by atoms with E-state index in [1.165, 1.54) is 24.3 Å². The number of halogens is 1. The number of benzene rings is 2. The van der Waals surface area contributed by atoms with Crippen LogP contribution in [0.2, 0.25) is 0 Å². The Morgan fingerprint density at radius 3 is 1.44 bits per heavy atom. The average Bonchev–Trinajstić information content (AvgIpc) is 2.93. The number of nitro groups is 2. The summed E-state index contributed by atoms with van der Waals surface area (Å²) in [7, 11) is -14.3. The largest absolute Gasteiger partial charge is 0.403 e. The monoisotopic (exact) mass is 667 g/mol. The number of nitrogens with zero attached hydrogens (tertiary/aromatic N) is 5. The van der Waals surface area contributed by atoms with Crippen LogP contribution in [-0.2, 0) is 24.6 Å². The number of para-hydroxylation sites is 2. The fraction of sp³-hybridized carbons (Fsp3) is 0.478. The van der Waals surface area contributed by atoms with Crippen LogP contribution in [0, 0.1) is 20.2 Å². The average molecular weight is 668 g/mol. The first-order chi connectivity index (χ1) is 20.1. The molecule has 0 aliphatic carbocycles. The molecule has 1 aliphatic rings. The molecule has 1 heterocycles. The van der Waals surface area contributed by atoms with E-state index < -0.39 is 91.2 Å². The second-order valence-corrected chi connectivity index (χ2v) is 15.0. The van der Waals surface area contributed by atoms with Gasteiger partial charge in [-0.1, -0.05) is 24.3 Å². The number of nitro benzene ring substituents is 2. The maximum atomic E-state index is 14.8. The van der Waals surface area contributed by atoms with Crippen molar-refractivity contribution < 1.29 is 45.4 Å². The van der Waals surface area contributed by atoms with E-state index in [0.29, 0.717) is 4.67 Å². The van der Waals surface area contributed by atoms with Crippen molar-refractivity contribution >= 4 is 39.2 Å². The van der Waals surface area contributed by atoms with Gasteiger partial charge >= 0.3 is 7.75 Å². The van der Waals surface area contributed by atoms with Crippen LogP contribution in [0.5, 0.6) is 0 Å². The highest BCUT2D eigenvalue weighted by atomic mass is 32.2. The first-order valence-electron chi connectivity index (χ1n) is 13.0. The molecule has 0 amide bonds. The molecule has 238 valence electrons. The van der Waals surface area contributed by atoms with Crippen LogP contribution in [0.1, 0.15) is 25.7 Å². The summed E-state index contributed by atoms with van der Waals surface area (Å²) < 4.78 is 83.2. The Labute approximate surface area is 247 Å². The molecule has 2 aromatic carbocycles. The summed E-state index contributed by atoms with van der Waals surface area (Å²) in [6.07, 6.45) is -1.87. The molecule has 43 heavy (non-hydrogen) atoms. The first-order valence-corrected chi connectivity index (χ1v) is 17.4. The third-order valence-electron chi connectivity index (χ3n) is 6.79. The van der Waals surface area contributed by atoms with Gasteiger partial charge < -0.3 is 9.79 Å². The van der Waals surface area contributed by atoms with Crippen molar-refractivity contribution in [3.8, 4) is 0 Å². The van der Waals surface area contributed by atoms with Crippen molar-refractivity contribution in [2.45, 2.75) is 41.6 Å². The number of alkyl halides is 1. The highest BCUT2D eigenvalue weighted by Gasteiger charge is 2.36. The van der Waals surface area contributed by atoms with Gasteiger partial charge in [0.15, 0.2) is 9.79 Å². The van der Waals surface area contributed by atoms with E-state index >= 15 is 0 Å². The quantitative estimate of drug-likeness (QED) is 0.247. The third kappa shape index (κ3) is 8.60. The zero-order valence-electron chi connectivity index (χ0n) is 22.7. The predicted molar refractivity (Wildman–Crippen MR) is 151 cm³/mol. The number of rotatable bonds is 7. The first kappa shape index (κ1) is 34.6. The molecule has 1 aliphatic heterocycles. The Hall–Kier alpha value is -2.90. The van der Waals surface area contributed by atoms with Gasteiger partial charge in [-0.05, 0) is 37.8 Å². The van der Waals surface area contributed by atoms with Gasteiger partial charge in [0.05, 0.1) is 9.85 Å². The zero-order chi connectivity index (χ0) is 32.0. The highest BCUT2D eigenvalue weighted by molar-refractivity contribution is 7.89. The molecule has 0 unspecified atom stereocenters. The molecule has 0 bridgehead atoms. The van der Waals surface area contributed by atoms with Gasteiger partial charge in [0, 0.05) is 51.4 Å². The summed E-state index contributed by atoms with van der Waals surface area (Å²) in [5.41, 5.74) is -1.43. The lowest BCUT2D eigenvalue weighted by Crippen LogP contribution is -2.42. The normalized spacial score (nSPS) is 18.6. The Morgan fingerprint density at radius 1 is 0.721 bits per heavy atom. The Morgan fingerprint density at radius 2 is 1.09 bits per heavy atom. The second kappa shape index (κ2) is 14.3. The molecule has 20 heteroatoms. The van der Waals surface area contributed by atoms with E-state index in [-0.39, 0.29) is 38.8 Å². The van der Waals surface area contributed by atoms with E-state index in [0.717, 1.165) is 32.9 Å². The van der Waals surface area contributed by atoms with Crippen molar-refractivity contribution in [2.75, 3.05) is 39.3 Å². The second-order valence-electron chi connectivity index (χ2n) is 9.61. The van der Waals surface area contributed by atoms with Gasteiger partial charge in [-0.3, -0.25) is 20.2 Å². The van der Waals surface area contributed by atoms with E-state index in [2.05, 4.69) is 0 Å². The highest BCUT2D eigenvalue weighted by Crippen LogP contribution is 2.40. The molecular formula is C23H31FN5O11PS2. The summed E-state index contributed by atoms with van der Waals surface area (Å²) in [5.74, 6) is 0. The van der Waals surface area contributed by atoms with Crippen LogP contribution in [0.25, 0.3) is 0 Å². The molecule has 3 rings (SSSR count). The van der Waals surface area contributed by atoms with Crippen molar-refractivity contribution in [3.63, 3.8) is 0 Å². The minimum Gasteiger partial charge on any atom is -0.312 e. The summed E-state index contributed by atoms with van der Waals surface area (Å²) >= 11 is 0. The molecule has 2 N–H and O–H groups in total. The van der Waals surface area contributed by atoms with Gasteiger partial charge in [-0.2, -0.15) is 8.61 Å². The standard InChI is InChI=1S/C23H31FN5O11PS2/c24-19-7-5-13-26(42(37,38)22-11-3-1-9-20(22)28(30)31)17-15-25(41(34,35)36)16-18-27(14-6-8-19)43(39,40)23-12-4-2-10-21(23)29(32)33/h1-4,9-12,19H,5-8,13-18H2,(H2,34,35,36).